The highest BCUT2D eigenvalue weighted by molar-refractivity contribution is 7.88. The van der Waals surface area contributed by atoms with E-state index in [2.05, 4.69) is 21.9 Å². The number of aromatic nitrogens is 2. The number of hydrogen-bond donors (Lipinski definition) is 3. The average Bonchev–Trinajstić information content (AvgIpc) is 3.58. The Labute approximate surface area is 230 Å². The topological polar surface area (TPSA) is 147 Å². The van der Waals surface area contributed by atoms with Crippen LogP contribution in [0.15, 0.2) is 36.4 Å². The average molecular weight is 571 g/mol. The third kappa shape index (κ3) is 5.16. The van der Waals surface area contributed by atoms with Crippen LogP contribution in [0.5, 0.6) is 5.88 Å². The Morgan fingerprint density at radius 1 is 1.21 bits per heavy atom. The third-order valence-corrected chi connectivity index (χ3v) is 8.42. The number of hydrogen-bond acceptors (Lipinski definition) is 8. The minimum atomic E-state index is -3.23. The Hall–Kier alpha value is -2.98. The summed E-state index contributed by atoms with van der Waals surface area (Å²) in [6.45, 7) is 0.425. The van der Waals surface area contributed by atoms with Crippen molar-refractivity contribution in [2.75, 3.05) is 19.5 Å². The van der Waals surface area contributed by atoms with Gasteiger partial charge < -0.3 is 24.3 Å². The lowest BCUT2D eigenvalue weighted by Gasteiger charge is -2.22. The molecule has 0 saturated carbocycles. The van der Waals surface area contributed by atoms with Gasteiger partial charge in [0.05, 0.1) is 35.7 Å². The van der Waals surface area contributed by atoms with Gasteiger partial charge in [-0.3, -0.25) is 0 Å². The van der Waals surface area contributed by atoms with Crippen molar-refractivity contribution in [1.29, 1.82) is 5.26 Å². The fraction of sp³-hybridized carbons (Fsp3) is 0.407. The maximum absolute atomic E-state index is 11.5. The van der Waals surface area contributed by atoms with Gasteiger partial charge in [0.25, 0.3) is 0 Å². The molecule has 0 bridgehead atoms. The number of sulfonamides is 1. The van der Waals surface area contributed by atoms with Gasteiger partial charge in [-0.05, 0) is 36.5 Å². The van der Waals surface area contributed by atoms with Crippen molar-refractivity contribution in [1.82, 2.24) is 14.7 Å². The van der Waals surface area contributed by atoms with Crippen molar-refractivity contribution < 1.29 is 27.7 Å². The van der Waals surface area contributed by atoms with Crippen LogP contribution in [-0.2, 0) is 19.5 Å². The molecule has 0 spiro atoms. The first-order valence-electron chi connectivity index (χ1n) is 12.7. The molecule has 2 fully saturated rings. The summed E-state index contributed by atoms with van der Waals surface area (Å²) in [5.41, 5.74) is 4.83. The Morgan fingerprint density at radius 3 is 2.64 bits per heavy atom. The summed E-state index contributed by atoms with van der Waals surface area (Å²) in [4.78, 5) is 7.83. The van der Waals surface area contributed by atoms with E-state index in [1.165, 1.54) is 11.8 Å². The number of nitriles is 1. The minimum absolute atomic E-state index is 0.0813. The molecule has 6 rings (SSSR count). The van der Waals surface area contributed by atoms with Crippen LogP contribution in [0.1, 0.15) is 30.4 Å². The maximum Gasteiger partial charge on any atom is 0.212 e. The number of aliphatic hydroxyl groups is 1. The van der Waals surface area contributed by atoms with Crippen LogP contribution in [0, 0.1) is 11.3 Å². The molecule has 1 aliphatic carbocycles. The van der Waals surface area contributed by atoms with Gasteiger partial charge in [0.2, 0.25) is 15.9 Å². The summed E-state index contributed by atoms with van der Waals surface area (Å²) in [5.74, 6) is 0.260. The van der Waals surface area contributed by atoms with E-state index in [1.807, 2.05) is 24.3 Å². The minimum Gasteiger partial charge on any atom is -0.469 e. The van der Waals surface area contributed by atoms with E-state index in [0.29, 0.717) is 28.2 Å². The molecule has 39 heavy (non-hydrogen) atoms. The molecule has 12 heteroatoms. The second-order valence-corrected chi connectivity index (χ2v) is 12.3. The normalized spacial score (nSPS) is 26.8. The van der Waals surface area contributed by atoms with Gasteiger partial charge in [0.1, 0.15) is 35.5 Å². The molecule has 0 radical (unpaired) electrons. The van der Waals surface area contributed by atoms with Gasteiger partial charge in [-0.25, -0.2) is 18.1 Å². The SMILES string of the molecule is CS(=O)(=O)NC1CC=C(c2ccc(-c3nc4c(C#N)c(O[C@@H]5COC6[C@H](O)CO[C@@H]65)[nH]c4cc3Cl)cc2)CC1. The van der Waals surface area contributed by atoms with Crippen LogP contribution in [-0.4, -0.2) is 73.4 Å². The molecule has 1 aromatic carbocycles. The van der Waals surface area contributed by atoms with Gasteiger partial charge in [-0.2, -0.15) is 5.26 Å². The molecule has 3 aromatic rings. The number of benzene rings is 1. The molecule has 3 N–H and O–H groups in total. The Bertz CT molecular complexity index is 1600. The van der Waals surface area contributed by atoms with E-state index >= 15 is 0 Å². The lowest BCUT2D eigenvalue weighted by molar-refractivity contribution is 0.00789. The van der Waals surface area contributed by atoms with Crippen molar-refractivity contribution in [3.63, 3.8) is 0 Å². The molecule has 10 nitrogen and oxygen atoms in total. The van der Waals surface area contributed by atoms with Gasteiger partial charge in [-0.15, -0.1) is 0 Å². The number of nitrogens with zero attached hydrogens (tertiary/aromatic N) is 2. The number of aromatic amines is 1. The molecule has 3 aliphatic rings. The highest BCUT2D eigenvalue weighted by Gasteiger charge is 2.48. The van der Waals surface area contributed by atoms with E-state index in [0.717, 1.165) is 24.0 Å². The molecular formula is C27H27ClN4O6S. The maximum atomic E-state index is 11.5. The molecule has 204 valence electrons. The van der Waals surface area contributed by atoms with Crippen LogP contribution < -0.4 is 9.46 Å². The van der Waals surface area contributed by atoms with E-state index in [-0.39, 0.29) is 30.7 Å². The zero-order valence-electron chi connectivity index (χ0n) is 21.1. The van der Waals surface area contributed by atoms with Gasteiger partial charge in [0.15, 0.2) is 6.10 Å². The van der Waals surface area contributed by atoms with E-state index in [4.69, 9.17) is 30.8 Å². The van der Waals surface area contributed by atoms with Crippen LogP contribution in [0.25, 0.3) is 27.9 Å². The number of ether oxygens (including phenoxy) is 3. The smallest absolute Gasteiger partial charge is 0.212 e. The standard InChI is InChI=1S/C27H27ClN4O6S/c1-39(34,35)32-17-8-6-15(7-9-17)14-2-4-16(5-3-14)23-19(28)10-20-24(31-23)18(11-29)27(30-20)38-22-13-37-25-21(33)12-36-26(22)25/h2-6,10,17,21-22,25-26,30,32-33H,7-9,12-13H2,1H3/t17?,21-,22-,25?,26-/m1/s1. The number of pyridine rings is 1. The second-order valence-electron chi connectivity index (χ2n) is 10.1. The highest BCUT2D eigenvalue weighted by Crippen LogP contribution is 2.37. The number of nitrogens with one attached hydrogen (secondary N) is 2. The summed E-state index contributed by atoms with van der Waals surface area (Å²) < 4.78 is 43.0. The molecule has 2 saturated heterocycles. The fourth-order valence-corrected chi connectivity index (χ4v) is 6.59. The van der Waals surface area contributed by atoms with Crippen LogP contribution >= 0.6 is 11.6 Å². The molecule has 5 atom stereocenters. The number of rotatable bonds is 6. The molecule has 0 amide bonds. The number of fused-ring (bicyclic) bond motifs is 2. The van der Waals surface area contributed by atoms with Crippen molar-refractivity contribution in [2.24, 2.45) is 0 Å². The summed E-state index contributed by atoms with van der Waals surface area (Å²) in [7, 11) is -3.23. The van der Waals surface area contributed by atoms with Crippen molar-refractivity contribution >= 4 is 38.2 Å². The number of allylic oxidation sites excluding steroid dienone is 1. The predicted molar refractivity (Wildman–Crippen MR) is 145 cm³/mol. The lowest BCUT2D eigenvalue weighted by atomic mass is 9.90. The zero-order chi connectivity index (χ0) is 27.3. The molecule has 2 unspecified atom stereocenters. The predicted octanol–water partition coefficient (Wildman–Crippen LogP) is 3.15. The summed E-state index contributed by atoms with van der Waals surface area (Å²) in [5, 5.41) is 20.3. The Kier molecular flexibility index (Phi) is 6.87. The molecule has 2 aliphatic heterocycles. The zero-order valence-corrected chi connectivity index (χ0v) is 22.6. The monoisotopic (exact) mass is 570 g/mol. The largest absolute Gasteiger partial charge is 0.469 e. The number of halogens is 1. The van der Waals surface area contributed by atoms with Gasteiger partial charge in [0, 0.05) is 11.6 Å². The van der Waals surface area contributed by atoms with Gasteiger partial charge >= 0.3 is 0 Å². The lowest BCUT2D eigenvalue weighted by Crippen LogP contribution is -2.34. The molecule has 2 aromatic heterocycles. The van der Waals surface area contributed by atoms with Crippen LogP contribution in [0.4, 0.5) is 0 Å². The van der Waals surface area contributed by atoms with Crippen LogP contribution in [0.3, 0.4) is 0 Å². The first-order valence-corrected chi connectivity index (χ1v) is 14.9. The Morgan fingerprint density at radius 2 is 1.95 bits per heavy atom. The van der Waals surface area contributed by atoms with Gasteiger partial charge in [-0.1, -0.05) is 41.9 Å². The highest BCUT2D eigenvalue weighted by atomic mass is 35.5. The molecular weight excluding hydrogens is 544 g/mol. The van der Waals surface area contributed by atoms with E-state index in [1.54, 1.807) is 6.07 Å². The number of H-pyrrole nitrogens is 1. The Balaban J connectivity index is 1.23. The summed E-state index contributed by atoms with van der Waals surface area (Å²) in [6.07, 6.45) is 3.39. The van der Waals surface area contributed by atoms with E-state index < -0.39 is 34.4 Å². The summed E-state index contributed by atoms with van der Waals surface area (Å²) >= 11 is 6.62. The van der Waals surface area contributed by atoms with E-state index in [9.17, 15) is 18.8 Å². The fourth-order valence-electron chi connectivity index (χ4n) is 5.51. The van der Waals surface area contributed by atoms with Crippen molar-refractivity contribution in [3.8, 4) is 23.2 Å². The quantitative estimate of drug-likeness (QED) is 0.409. The first kappa shape index (κ1) is 26.3. The number of aliphatic hydroxyl groups excluding tert-OH is 1. The van der Waals surface area contributed by atoms with Crippen LogP contribution in [0.2, 0.25) is 5.02 Å². The summed E-state index contributed by atoms with van der Waals surface area (Å²) in [6, 6.07) is 11.7. The third-order valence-electron chi connectivity index (χ3n) is 7.37. The second kappa shape index (κ2) is 10.2. The van der Waals surface area contributed by atoms with Crippen molar-refractivity contribution in [2.45, 2.75) is 49.7 Å². The van der Waals surface area contributed by atoms with Crippen molar-refractivity contribution in [3.05, 3.63) is 52.6 Å². The molecule has 4 heterocycles. The first-order chi connectivity index (χ1) is 18.7.